The lowest BCUT2D eigenvalue weighted by Crippen LogP contribution is -2.35. The van der Waals surface area contributed by atoms with Gasteiger partial charge in [0.05, 0.1) is 12.3 Å². The van der Waals surface area contributed by atoms with Gasteiger partial charge in [-0.3, -0.25) is 9.78 Å². The fourth-order valence-corrected chi connectivity index (χ4v) is 1.95. The number of aliphatic hydroxyl groups excluding tert-OH is 1. The first-order chi connectivity index (χ1) is 9.56. The van der Waals surface area contributed by atoms with Gasteiger partial charge >= 0.3 is 0 Å². The molecule has 0 bridgehead atoms. The van der Waals surface area contributed by atoms with Crippen LogP contribution in [-0.4, -0.2) is 28.6 Å². The Morgan fingerprint density at radius 2 is 2.15 bits per heavy atom. The Morgan fingerprint density at radius 1 is 1.45 bits per heavy atom. The lowest BCUT2D eigenvalue weighted by atomic mass is 9.96. The van der Waals surface area contributed by atoms with Gasteiger partial charge in [0.15, 0.2) is 0 Å². The lowest BCUT2D eigenvalue weighted by Gasteiger charge is -2.19. The molecule has 110 valence electrons. The fourth-order valence-electron chi connectivity index (χ4n) is 1.95. The molecule has 1 aromatic rings. The van der Waals surface area contributed by atoms with Crippen molar-refractivity contribution in [3.63, 3.8) is 0 Å². The highest BCUT2D eigenvalue weighted by Crippen LogP contribution is 2.12. The summed E-state index contributed by atoms with van der Waals surface area (Å²) in [6, 6.07) is 1.29. The molecule has 1 rings (SSSR count). The van der Waals surface area contributed by atoms with Crippen molar-refractivity contribution in [2.45, 2.75) is 32.8 Å². The largest absolute Gasteiger partial charge is 0.391 e. The summed E-state index contributed by atoms with van der Waals surface area (Å²) in [7, 11) is 0. The number of rotatable bonds is 7. The van der Waals surface area contributed by atoms with E-state index in [2.05, 4.69) is 10.3 Å². The Balaban J connectivity index is 2.44. The van der Waals surface area contributed by atoms with Gasteiger partial charge in [0.2, 0.25) is 5.91 Å². The molecule has 0 spiro atoms. The standard InChI is InChI=1S/C15H21FN2O2/c1-3-12(4-2)14(19)10-18-15(20)6-5-11-7-13(16)9-17-8-11/h5-9,12,14,19H,3-4,10H2,1-2H3,(H,18,20)/b6-5+. The Bertz CT molecular complexity index is 459. The Morgan fingerprint density at radius 3 is 2.75 bits per heavy atom. The highest BCUT2D eigenvalue weighted by Gasteiger charge is 2.15. The van der Waals surface area contributed by atoms with Crippen molar-refractivity contribution in [1.29, 1.82) is 0 Å². The highest BCUT2D eigenvalue weighted by atomic mass is 19.1. The Kier molecular flexibility index (Phi) is 6.87. The number of carbonyl (C=O) groups is 1. The van der Waals surface area contributed by atoms with Crippen molar-refractivity contribution in [2.75, 3.05) is 6.54 Å². The van der Waals surface area contributed by atoms with Crippen molar-refractivity contribution < 1.29 is 14.3 Å². The third-order valence-corrected chi connectivity index (χ3v) is 3.23. The third-order valence-electron chi connectivity index (χ3n) is 3.23. The Labute approximate surface area is 118 Å². The number of aliphatic hydroxyl groups is 1. The normalized spacial score (nSPS) is 12.8. The molecule has 4 nitrogen and oxygen atoms in total. The van der Waals surface area contributed by atoms with Crippen LogP contribution in [0, 0.1) is 11.7 Å². The minimum Gasteiger partial charge on any atom is -0.391 e. The minimum absolute atomic E-state index is 0.187. The number of hydrogen-bond acceptors (Lipinski definition) is 3. The number of nitrogens with one attached hydrogen (secondary N) is 1. The zero-order valence-corrected chi connectivity index (χ0v) is 11.8. The summed E-state index contributed by atoms with van der Waals surface area (Å²) < 4.78 is 12.9. The van der Waals surface area contributed by atoms with E-state index in [0.717, 1.165) is 19.0 Å². The Hall–Kier alpha value is -1.75. The number of amides is 1. The van der Waals surface area contributed by atoms with Gasteiger partial charge in [0.1, 0.15) is 5.82 Å². The number of nitrogens with zero attached hydrogens (tertiary/aromatic N) is 1. The molecular weight excluding hydrogens is 259 g/mol. The van der Waals surface area contributed by atoms with Crippen LogP contribution in [0.3, 0.4) is 0 Å². The first-order valence-electron chi connectivity index (χ1n) is 6.81. The van der Waals surface area contributed by atoms with Crippen LogP contribution in [0.4, 0.5) is 4.39 Å². The van der Waals surface area contributed by atoms with Gasteiger partial charge in [-0.05, 0) is 23.6 Å². The average Bonchev–Trinajstić information content (AvgIpc) is 2.44. The van der Waals surface area contributed by atoms with Crippen LogP contribution in [0.15, 0.2) is 24.5 Å². The third kappa shape index (κ3) is 5.48. The zero-order valence-electron chi connectivity index (χ0n) is 11.8. The van der Waals surface area contributed by atoms with Crippen LogP contribution >= 0.6 is 0 Å². The van der Waals surface area contributed by atoms with Crippen molar-refractivity contribution in [2.24, 2.45) is 5.92 Å². The summed E-state index contributed by atoms with van der Waals surface area (Å²) in [6.45, 7) is 4.24. The number of aromatic nitrogens is 1. The quantitative estimate of drug-likeness (QED) is 0.752. The van der Waals surface area contributed by atoms with Crippen molar-refractivity contribution in [3.8, 4) is 0 Å². The van der Waals surface area contributed by atoms with Gasteiger partial charge in [0.25, 0.3) is 0 Å². The first-order valence-corrected chi connectivity index (χ1v) is 6.81. The summed E-state index contributed by atoms with van der Waals surface area (Å²) >= 11 is 0. The van der Waals surface area contributed by atoms with Gasteiger partial charge in [-0.15, -0.1) is 0 Å². The van der Waals surface area contributed by atoms with Crippen molar-refractivity contribution in [3.05, 3.63) is 35.9 Å². The van der Waals surface area contributed by atoms with E-state index >= 15 is 0 Å². The molecule has 0 aliphatic heterocycles. The molecule has 0 aliphatic carbocycles. The lowest BCUT2D eigenvalue weighted by molar-refractivity contribution is -0.117. The summed E-state index contributed by atoms with van der Waals surface area (Å²) in [6.07, 6.45) is 6.55. The predicted molar refractivity (Wildman–Crippen MR) is 76.3 cm³/mol. The molecule has 0 radical (unpaired) electrons. The molecule has 0 saturated heterocycles. The summed E-state index contributed by atoms with van der Waals surface area (Å²) in [5.41, 5.74) is 0.515. The maximum atomic E-state index is 12.9. The van der Waals surface area contributed by atoms with Crippen molar-refractivity contribution in [1.82, 2.24) is 10.3 Å². The van der Waals surface area contributed by atoms with E-state index in [4.69, 9.17) is 0 Å². The maximum Gasteiger partial charge on any atom is 0.244 e. The molecule has 0 saturated carbocycles. The van der Waals surface area contributed by atoms with Crippen LogP contribution < -0.4 is 5.32 Å². The SMILES string of the molecule is CCC(CC)C(O)CNC(=O)/C=C/c1cncc(F)c1. The molecule has 20 heavy (non-hydrogen) atoms. The number of halogens is 1. The van der Waals surface area contributed by atoms with E-state index < -0.39 is 11.9 Å². The van der Waals surface area contributed by atoms with Crippen LogP contribution in [0.25, 0.3) is 6.08 Å². The monoisotopic (exact) mass is 280 g/mol. The van der Waals surface area contributed by atoms with Gasteiger partial charge in [-0.1, -0.05) is 26.7 Å². The molecule has 2 N–H and O–H groups in total. The second kappa shape index (κ2) is 8.43. The fraction of sp³-hybridized carbons (Fsp3) is 0.467. The number of hydrogen-bond donors (Lipinski definition) is 2. The van der Waals surface area contributed by atoms with Gasteiger partial charge in [0, 0.05) is 18.8 Å². The van der Waals surface area contributed by atoms with Crippen LogP contribution in [0.2, 0.25) is 0 Å². The van der Waals surface area contributed by atoms with E-state index in [0.29, 0.717) is 5.56 Å². The molecule has 1 atom stereocenters. The molecule has 1 unspecified atom stereocenters. The molecule has 5 heteroatoms. The molecule has 1 amide bonds. The van der Waals surface area contributed by atoms with Crippen molar-refractivity contribution >= 4 is 12.0 Å². The van der Waals surface area contributed by atoms with Gasteiger partial charge in [-0.25, -0.2) is 4.39 Å². The first kappa shape index (κ1) is 16.3. The van der Waals surface area contributed by atoms with E-state index in [-0.39, 0.29) is 18.4 Å². The summed E-state index contributed by atoms with van der Waals surface area (Å²) in [4.78, 5) is 15.3. The zero-order chi connectivity index (χ0) is 15.0. The van der Waals surface area contributed by atoms with E-state index in [1.165, 1.54) is 24.4 Å². The smallest absolute Gasteiger partial charge is 0.244 e. The van der Waals surface area contributed by atoms with Crippen LogP contribution in [0.1, 0.15) is 32.3 Å². The summed E-state index contributed by atoms with van der Waals surface area (Å²) in [5.74, 6) is -0.581. The second-order valence-electron chi connectivity index (χ2n) is 4.66. The van der Waals surface area contributed by atoms with E-state index in [9.17, 15) is 14.3 Å². The second-order valence-corrected chi connectivity index (χ2v) is 4.66. The van der Waals surface area contributed by atoms with Crippen LogP contribution in [-0.2, 0) is 4.79 Å². The molecule has 0 aromatic carbocycles. The van der Waals surface area contributed by atoms with E-state index in [1.807, 2.05) is 13.8 Å². The minimum atomic E-state index is -0.543. The highest BCUT2D eigenvalue weighted by molar-refractivity contribution is 5.91. The van der Waals surface area contributed by atoms with E-state index in [1.54, 1.807) is 0 Å². The molecule has 1 heterocycles. The van der Waals surface area contributed by atoms with Gasteiger partial charge < -0.3 is 10.4 Å². The summed E-state index contributed by atoms with van der Waals surface area (Å²) in [5, 5.41) is 12.5. The topological polar surface area (TPSA) is 62.2 Å². The molecule has 0 aliphatic rings. The maximum absolute atomic E-state index is 12.9. The molecule has 1 aromatic heterocycles. The predicted octanol–water partition coefficient (Wildman–Crippen LogP) is 2.15. The number of carbonyl (C=O) groups excluding carboxylic acids is 1. The van der Waals surface area contributed by atoms with Gasteiger partial charge in [-0.2, -0.15) is 0 Å². The molecular formula is C15H21FN2O2. The van der Waals surface area contributed by atoms with Crippen LogP contribution in [0.5, 0.6) is 0 Å². The number of pyridine rings is 1. The average molecular weight is 280 g/mol. The molecule has 0 fully saturated rings.